The molecule has 21 heavy (non-hydrogen) atoms. The predicted molar refractivity (Wildman–Crippen MR) is 76.9 cm³/mol. The first kappa shape index (κ1) is 16.6. The van der Waals surface area contributed by atoms with Crippen molar-refractivity contribution in [3.05, 3.63) is 29.3 Å². The summed E-state index contributed by atoms with van der Waals surface area (Å²) in [5.41, 5.74) is 1.76. The zero-order chi connectivity index (χ0) is 15.8. The van der Waals surface area contributed by atoms with Gasteiger partial charge in [0, 0.05) is 12.7 Å². The molecule has 0 aliphatic heterocycles. The molecule has 0 heterocycles. The fraction of sp³-hybridized carbons (Fsp3) is 0.357. The zero-order valence-corrected chi connectivity index (χ0v) is 12.4. The van der Waals surface area contributed by atoms with Crippen molar-refractivity contribution in [1.29, 1.82) is 0 Å². The normalized spacial score (nSPS) is 9.86. The molecule has 2 amide bonds. The average Bonchev–Trinajstić information content (AvgIpc) is 2.48. The minimum absolute atomic E-state index is 0.120. The van der Waals surface area contributed by atoms with Crippen LogP contribution in [-0.4, -0.2) is 45.0 Å². The summed E-state index contributed by atoms with van der Waals surface area (Å²) < 4.78 is 4.64. The Morgan fingerprint density at radius 3 is 2.48 bits per heavy atom. The summed E-state index contributed by atoms with van der Waals surface area (Å²) in [6.07, 6.45) is 0. The predicted octanol–water partition coefficient (Wildman–Crippen LogP) is -0.970. The molecule has 0 aliphatic rings. The second-order valence-electron chi connectivity index (χ2n) is 4.44. The van der Waals surface area contributed by atoms with Crippen LogP contribution in [-0.2, 0) is 14.3 Å². The molecule has 0 bridgehead atoms. The van der Waals surface area contributed by atoms with Crippen LogP contribution in [0.1, 0.15) is 15.9 Å². The molecule has 0 aromatic heterocycles. The molecular formula is C14H20N3O4+. The molecular weight excluding hydrogens is 274 g/mol. The quantitative estimate of drug-likeness (QED) is 0.588. The first-order valence-corrected chi connectivity index (χ1v) is 6.49. The van der Waals surface area contributed by atoms with E-state index in [1.54, 1.807) is 23.5 Å². The number of quaternary nitrogens is 1. The van der Waals surface area contributed by atoms with Gasteiger partial charge in [0.05, 0.1) is 12.7 Å². The minimum Gasteiger partial charge on any atom is -0.465 e. The molecule has 1 aromatic rings. The van der Waals surface area contributed by atoms with E-state index in [2.05, 4.69) is 15.4 Å². The van der Waals surface area contributed by atoms with E-state index >= 15 is 0 Å². The second-order valence-corrected chi connectivity index (χ2v) is 4.44. The lowest BCUT2D eigenvalue weighted by molar-refractivity contribution is -0.632. The van der Waals surface area contributed by atoms with Crippen LogP contribution in [0.15, 0.2) is 18.2 Å². The van der Waals surface area contributed by atoms with Crippen LogP contribution in [0.25, 0.3) is 0 Å². The summed E-state index contributed by atoms with van der Waals surface area (Å²) in [5, 5.41) is 6.77. The van der Waals surface area contributed by atoms with Crippen LogP contribution in [0, 0.1) is 6.92 Å². The Labute approximate surface area is 123 Å². The minimum atomic E-state index is -0.461. The van der Waals surface area contributed by atoms with E-state index in [0.717, 1.165) is 5.56 Å². The Balaban J connectivity index is 2.63. The summed E-state index contributed by atoms with van der Waals surface area (Å²) in [5.74, 6) is -0.854. The van der Waals surface area contributed by atoms with Gasteiger partial charge in [-0.15, -0.1) is 0 Å². The first-order chi connectivity index (χ1) is 9.97. The van der Waals surface area contributed by atoms with Crippen LogP contribution in [0.4, 0.5) is 5.69 Å². The van der Waals surface area contributed by atoms with E-state index in [0.29, 0.717) is 11.3 Å². The van der Waals surface area contributed by atoms with Crippen molar-refractivity contribution >= 4 is 23.5 Å². The largest absolute Gasteiger partial charge is 0.465 e. The number of likely N-dealkylation sites (N-methyl/N-ethyl adjacent to an activating group) is 1. The smallest absolute Gasteiger partial charge is 0.337 e. The molecule has 0 radical (unpaired) electrons. The van der Waals surface area contributed by atoms with Gasteiger partial charge < -0.3 is 20.7 Å². The SMILES string of the molecule is CNC(=O)C[NH2+]CC(=O)Nc1cc(C(=O)OC)ccc1C. The highest BCUT2D eigenvalue weighted by molar-refractivity contribution is 5.95. The third-order valence-corrected chi connectivity index (χ3v) is 2.87. The second kappa shape index (κ2) is 8.01. The maximum absolute atomic E-state index is 11.8. The number of carbonyl (C=O) groups excluding carboxylic acids is 3. The van der Waals surface area contributed by atoms with Crippen LogP contribution >= 0.6 is 0 Å². The molecule has 0 saturated heterocycles. The number of methoxy groups -OCH3 is 1. The van der Waals surface area contributed by atoms with Gasteiger partial charge in [-0.2, -0.15) is 0 Å². The monoisotopic (exact) mass is 294 g/mol. The molecule has 0 spiro atoms. The van der Waals surface area contributed by atoms with Gasteiger partial charge in [-0.05, 0) is 24.6 Å². The number of amides is 2. The van der Waals surface area contributed by atoms with Gasteiger partial charge in [-0.25, -0.2) is 4.79 Å². The lowest BCUT2D eigenvalue weighted by Crippen LogP contribution is -2.88. The van der Waals surface area contributed by atoms with E-state index in [9.17, 15) is 14.4 Å². The Bertz CT molecular complexity index is 543. The Hall–Kier alpha value is -2.41. The van der Waals surface area contributed by atoms with Gasteiger partial charge in [0.25, 0.3) is 11.8 Å². The molecule has 0 unspecified atom stereocenters. The molecule has 0 saturated carbocycles. The van der Waals surface area contributed by atoms with Crippen LogP contribution in [0.2, 0.25) is 0 Å². The number of esters is 1. The van der Waals surface area contributed by atoms with Gasteiger partial charge in [0.1, 0.15) is 0 Å². The average molecular weight is 294 g/mol. The summed E-state index contributed by atoms with van der Waals surface area (Å²) >= 11 is 0. The van der Waals surface area contributed by atoms with Gasteiger partial charge in [0.15, 0.2) is 13.1 Å². The number of anilines is 1. The van der Waals surface area contributed by atoms with E-state index < -0.39 is 5.97 Å². The van der Waals surface area contributed by atoms with E-state index in [-0.39, 0.29) is 24.9 Å². The van der Waals surface area contributed by atoms with Gasteiger partial charge in [-0.1, -0.05) is 6.07 Å². The van der Waals surface area contributed by atoms with E-state index in [4.69, 9.17) is 0 Å². The molecule has 7 nitrogen and oxygen atoms in total. The molecule has 0 fully saturated rings. The zero-order valence-electron chi connectivity index (χ0n) is 12.4. The number of benzene rings is 1. The number of aryl methyl sites for hydroxylation is 1. The summed E-state index contributed by atoms with van der Waals surface area (Å²) in [6.45, 7) is 2.13. The molecule has 114 valence electrons. The fourth-order valence-corrected chi connectivity index (χ4v) is 1.64. The Morgan fingerprint density at radius 2 is 1.86 bits per heavy atom. The van der Waals surface area contributed by atoms with Crippen molar-refractivity contribution in [3.8, 4) is 0 Å². The Kier molecular flexibility index (Phi) is 6.35. The Morgan fingerprint density at radius 1 is 1.19 bits per heavy atom. The van der Waals surface area contributed by atoms with Crippen molar-refractivity contribution < 1.29 is 24.4 Å². The third-order valence-electron chi connectivity index (χ3n) is 2.87. The van der Waals surface area contributed by atoms with Gasteiger partial charge in [-0.3, -0.25) is 9.59 Å². The summed E-state index contributed by atoms with van der Waals surface area (Å²) in [6, 6.07) is 4.93. The number of hydrogen-bond acceptors (Lipinski definition) is 4. The topological polar surface area (TPSA) is 101 Å². The van der Waals surface area contributed by atoms with Crippen LogP contribution in [0.5, 0.6) is 0 Å². The lowest BCUT2D eigenvalue weighted by atomic mass is 10.1. The van der Waals surface area contributed by atoms with Crippen molar-refractivity contribution in [2.75, 3.05) is 32.6 Å². The molecule has 0 atom stereocenters. The maximum atomic E-state index is 11.8. The third kappa shape index (κ3) is 5.23. The number of ether oxygens (including phenoxy) is 1. The molecule has 1 rings (SSSR count). The lowest BCUT2D eigenvalue weighted by Gasteiger charge is -2.09. The summed E-state index contributed by atoms with van der Waals surface area (Å²) in [7, 11) is 2.84. The van der Waals surface area contributed by atoms with Crippen molar-refractivity contribution in [2.24, 2.45) is 0 Å². The van der Waals surface area contributed by atoms with Crippen LogP contribution < -0.4 is 16.0 Å². The standard InChI is InChI=1S/C14H19N3O4/c1-9-4-5-10(14(20)21-3)6-11(9)17-13(19)8-16-7-12(18)15-2/h4-6,16H,7-8H2,1-3H3,(H,15,18)(H,17,19)/p+1. The molecule has 1 aromatic carbocycles. The number of nitrogens with two attached hydrogens (primary N) is 1. The highest BCUT2D eigenvalue weighted by Crippen LogP contribution is 2.17. The number of nitrogens with one attached hydrogen (secondary N) is 2. The summed E-state index contributed by atoms with van der Waals surface area (Å²) in [4.78, 5) is 34.3. The highest BCUT2D eigenvalue weighted by atomic mass is 16.5. The van der Waals surface area contributed by atoms with Crippen molar-refractivity contribution in [1.82, 2.24) is 5.32 Å². The molecule has 0 aliphatic carbocycles. The highest BCUT2D eigenvalue weighted by Gasteiger charge is 2.11. The van der Waals surface area contributed by atoms with Crippen molar-refractivity contribution in [3.63, 3.8) is 0 Å². The van der Waals surface area contributed by atoms with Crippen LogP contribution in [0.3, 0.4) is 0 Å². The van der Waals surface area contributed by atoms with Gasteiger partial charge >= 0.3 is 5.97 Å². The number of hydrogen-bond donors (Lipinski definition) is 3. The number of carbonyl (C=O) groups is 3. The fourth-order valence-electron chi connectivity index (χ4n) is 1.64. The van der Waals surface area contributed by atoms with E-state index in [1.807, 2.05) is 6.92 Å². The van der Waals surface area contributed by atoms with E-state index in [1.165, 1.54) is 14.2 Å². The molecule has 4 N–H and O–H groups in total. The molecule has 7 heteroatoms. The number of rotatable bonds is 6. The maximum Gasteiger partial charge on any atom is 0.337 e. The first-order valence-electron chi connectivity index (χ1n) is 6.49. The van der Waals surface area contributed by atoms with Gasteiger partial charge in [0.2, 0.25) is 0 Å². The van der Waals surface area contributed by atoms with Crippen molar-refractivity contribution in [2.45, 2.75) is 6.92 Å².